The van der Waals surface area contributed by atoms with Gasteiger partial charge in [-0.1, -0.05) is 0 Å². The first-order chi connectivity index (χ1) is 9.94. The molecule has 0 aliphatic rings. The molecular formula is C11H12N4O5S. The van der Waals surface area contributed by atoms with Crippen molar-refractivity contribution in [2.75, 3.05) is 5.43 Å². The Morgan fingerprint density at radius 3 is 2.67 bits per heavy atom. The summed E-state index contributed by atoms with van der Waals surface area (Å²) in [7, 11) is -3.97. The van der Waals surface area contributed by atoms with Crippen LogP contribution in [0.3, 0.4) is 0 Å². The number of hydrogen-bond acceptors (Lipinski definition) is 7. The van der Waals surface area contributed by atoms with Gasteiger partial charge in [0.1, 0.15) is 4.90 Å². The van der Waals surface area contributed by atoms with Gasteiger partial charge in [0.2, 0.25) is 10.0 Å². The minimum Gasteiger partial charge on any atom is -0.472 e. The molecule has 0 aliphatic carbocycles. The van der Waals surface area contributed by atoms with Crippen molar-refractivity contribution >= 4 is 21.4 Å². The van der Waals surface area contributed by atoms with Crippen molar-refractivity contribution in [2.24, 2.45) is 5.84 Å². The molecule has 112 valence electrons. The van der Waals surface area contributed by atoms with E-state index in [9.17, 15) is 18.5 Å². The fraction of sp³-hybridized carbons (Fsp3) is 0.0909. The van der Waals surface area contributed by atoms with Gasteiger partial charge in [-0.25, -0.2) is 13.1 Å². The quantitative estimate of drug-likeness (QED) is 0.409. The number of benzene rings is 1. The molecule has 21 heavy (non-hydrogen) atoms. The molecule has 2 aromatic rings. The molecule has 1 aromatic carbocycles. The molecule has 0 radical (unpaired) electrons. The maximum Gasteiger partial charge on any atom is 0.270 e. The van der Waals surface area contributed by atoms with Gasteiger partial charge < -0.3 is 9.84 Å². The lowest BCUT2D eigenvalue weighted by Crippen LogP contribution is -2.25. The lowest BCUT2D eigenvalue weighted by Gasteiger charge is -2.10. The molecule has 1 aromatic heterocycles. The van der Waals surface area contributed by atoms with Crippen molar-refractivity contribution in [1.29, 1.82) is 0 Å². The molecule has 4 N–H and O–H groups in total. The average molecular weight is 312 g/mol. The van der Waals surface area contributed by atoms with E-state index in [1.54, 1.807) is 6.07 Å². The summed E-state index contributed by atoms with van der Waals surface area (Å²) in [6.45, 7) is -0.00840. The number of nitrogen functional groups attached to an aromatic ring is 1. The van der Waals surface area contributed by atoms with E-state index in [-0.39, 0.29) is 22.8 Å². The van der Waals surface area contributed by atoms with Crippen LogP contribution in [-0.4, -0.2) is 13.3 Å². The van der Waals surface area contributed by atoms with E-state index in [4.69, 9.17) is 10.3 Å². The van der Waals surface area contributed by atoms with Crippen molar-refractivity contribution in [3.8, 4) is 0 Å². The Balaban J connectivity index is 2.33. The molecule has 0 spiro atoms. The molecule has 0 saturated carbocycles. The van der Waals surface area contributed by atoms with Gasteiger partial charge >= 0.3 is 0 Å². The van der Waals surface area contributed by atoms with Crippen LogP contribution < -0.4 is 16.0 Å². The summed E-state index contributed by atoms with van der Waals surface area (Å²) in [5.41, 5.74) is 2.52. The molecule has 0 aliphatic heterocycles. The monoisotopic (exact) mass is 312 g/mol. The molecule has 0 fully saturated rings. The summed E-state index contributed by atoms with van der Waals surface area (Å²) in [5, 5.41) is 10.8. The van der Waals surface area contributed by atoms with Gasteiger partial charge in [-0.05, 0) is 12.1 Å². The van der Waals surface area contributed by atoms with Crippen molar-refractivity contribution < 1.29 is 17.8 Å². The SMILES string of the molecule is NNc1ccc([N+](=O)[O-])cc1S(=O)(=O)NCc1ccoc1. The van der Waals surface area contributed by atoms with Crippen molar-refractivity contribution in [2.45, 2.75) is 11.4 Å². The second kappa shape index (κ2) is 5.91. The summed E-state index contributed by atoms with van der Waals surface area (Å²) >= 11 is 0. The lowest BCUT2D eigenvalue weighted by molar-refractivity contribution is -0.385. The predicted octanol–water partition coefficient (Wildman–Crippen LogP) is 0.952. The van der Waals surface area contributed by atoms with Gasteiger partial charge in [0, 0.05) is 24.2 Å². The molecule has 0 saturated heterocycles. The van der Waals surface area contributed by atoms with Gasteiger partial charge in [-0.15, -0.1) is 0 Å². The normalized spacial score (nSPS) is 11.3. The van der Waals surface area contributed by atoms with E-state index in [0.29, 0.717) is 5.56 Å². The number of rotatable bonds is 6. The first-order valence-electron chi connectivity index (χ1n) is 5.70. The zero-order valence-electron chi connectivity index (χ0n) is 10.6. The number of nitro benzene ring substituents is 1. The van der Waals surface area contributed by atoms with E-state index in [2.05, 4.69) is 10.1 Å². The Bertz CT molecular complexity index is 742. The molecule has 2 rings (SSSR count). The third-order valence-corrected chi connectivity index (χ3v) is 4.11. The van der Waals surface area contributed by atoms with E-state index in [1.165, 1.54) is 18.6 Å². The molecule has 0 atom stereocenters. The highest BCUT2D eigenvalue weighted by Gasteiger charge is 2.22. The van der Waals surface area contributed by atoms with Crippen molar-refractivity contribution in [3.63, 3.8) is 0 Å². The molecule has 10 heteroatoms. The van der Waals surface area contributed by atoms with Gasteiger partial charge in [0.15, 0.2) is 0 Å². The van der Waals surface area contributed by atoms with Crippen LogP contribution in [0.25, 0.3) is 0 Å². The third kappa shape index (κ3) is 3.37. The predicted molar refractivity (Wildman–Crippen MR) is 73.6 cm³/mol. The molecule has 9 nitrogen and oxygen atoms in total. The smallest absolute Gasteiger partial charge is 0.270 e. The Morgan fingerprint density at radius 2 is 2.10 bits per heavy atom. The highest BCUT2D eigenvalue weighted by Crippen LogP contribution is 2.25. The fourth-order valence-electron chi connectivity index (χ4n) is 1.62. The number of furan rings is 1. The summed E-state index contributed by atoms with van der Waals surface area (Å²) in [6.07, 6.45) is 2.79. The number of nitrogens with zero attached hydrogens (tertiary/aromatic N) is 1. The maximum absolute atomic E-state index is 12.2. The number of nitrogens with one attached hydrogen (secondary N) is 2. The summed E-state index contributed by atoms with van der Waals surface area (Å²) < 4.78 is 31.6. The third-order valence-electron chi connectivity index (χ3n) is 2.67. The standard InChI is InChI=1S/C11H12N4O5S/c12-14-10-2-1-9(15(16)17)5-11(10)21(18,19)13-6-8-3-4-20-7-8/h1-5,7,13-14H,6,12H2. The molecule has 0 unspecified atom stereocenters. The van der Waals surface area contributed by atoms with E-state index in [1.807, 2.05) is 0 Å². The number of non-ortho nitro benzene ring substituents is 1. The highest BCUT2D eigenvalue weighted by atomic mass is 32.2. The van der Waals surface area contributed by atoms with Gasteiger partial charge in [-0.3, -0.25) is 16.0 Å². The lowest BCUT2D eigenvalue weighted by atomic mass is 10.3. The Labute approximate surface area is 119 Å². The number of hydrogen-bond donors (Lipinski definition) is 3. The van der Waals surface area contributed by atoms with Crippen LogP contribution in [0.15, 0.2) is 46.1 Å². The van der Waals surface area contributed by atoms with Crippen LogP contribution in [0.4, 0.5) is 11.4 Å². The van der Waals surface area contributed by atoms with E-state index < -0.39 is 14.9 Å². The summed E-state index contributed by atoms with van der Waals surface area (Å²) in [5.74, 6) is 5.24. The Hall–Kier alpha value is -2.43. The summed E-state index contributed by atoms with van der Waals surface area (Å²) in [6, 6.07) is 4.92. The molecule has 0 amide bonds. The number of anilines is 1. The first kappa shape index (κ1) is 15.0. The second-order valence-corrected chi connectivity index (χ2v) is 5.77. The topological polar surface area (TPSA) is 140 Å². The minimum atomic E-state index is -3.97. The zero-order valence-corrected chi connectivity index (χ0v) is 11.5. The Morgan fingerprint density at radius 1 is 1.33 bits per heavy atom. The number of sulfonamides is 1. The van der Waals surface area contributed by atoms with E-state index in [0.717, 1.165) is 12.1 Å². The van der Waals surface area contributed by atoms with E-state index >= 15 is 0 Å². The number of hydrazine groups is 1. The second-order valence-electron chi connectivity index (χ2n) is 4.04. The highest BCUT2D eigenvalue weighted by molar-refractivity contribution is 7.89. The first-order valence-corrected chi connectivity index (χ1v) is 7.18. The molecule has 0 bridgehead atoms. The largest absolute Gasteiger partial charge is 0.472 e. The van der Waals surface area contributed by atoms with Crippen LogP contribution in [0, 0.1) is 10.1 Å². The molecule has 1 heterocycles. The van der Waals surface area contributed by atoms with Crippen LogP contribution in [0.5, 0.6) is 0 Å². The van der Waals surface area contributed by atoms with Crippen molar-refractivity contribution in [3.05, 3.63) is 52.5 Å². The Kier molecular flexibility index (Phi) is 4.21. The number of nitro groups is 1. The van der Waals surface area contributed by atoms with Gasteiger partial charge in [-0.2, -0.15) is 0 Å². The van der Waals surface area contributed by atoms with Crippen LogP contribution in [0.2, 0.25) is 0 Å². The average Bonchev–Trinajstić information content (AvgIpc) is 2.98. The summed E-state index contributed by atoms with van der Waals surface area (Å²) in [4.78, 5) is 9.76. The number of nitrogens with two attached hydrogens (primary N) is 1. The van der Waals surface area contributed by atoms with Crippen LogP contribution in [-0.2, 0) is 16.6 Å². The maximum atomic E-state index is 12.2. The molecular weight excluding hydrogens is 300 g/mol. The van der Waals surface area contributed by atoms with Crippen LogP contribution in [0.1, 0.15) is 5.56 Å². The van der Waals surface area contributed by atoms with Gasteiger partial charge in [0.25, 0.3) is 5.69 Å². The zero-order chi connectivity index (χ0) is 15.5. The fourth-order valence-corrected chi connectivity index (χ4v) is 2.82. The van der Waals surface area contributed by atoms with Crippen molar-refractivity contribution in [1.82, 2.24) is 4.72 Å². The van der Waals surface area contributed by atoms with Gasteiger partial charge in [0.05, 0.1) is 23.1 Å². The van der Waals surface area contributed by atoms with Crippen LogP contribution >= 0.6 is 0 Å². The minimum absolute atomic E-state index is 0.00840.